The zero-order valence-corrected chi connectivity index (χ0v) is 10.7. The molecule has 0 spiro atoms. The summed E-state index contributed by atoms with van der Waals surface area (Å²) < 4.78 is 17.6. The van der Waals surface area contributed by atoms with Gasteiger partial charge < -0.3 is 9.09 Å². The van der Waals surface area contributed by atoms with Gasteiger partial charge in [0.05, 0.1) is 11.0 Å². The summed E-state index contributed by atoms with van der Waals surface area (Å²) in [6.45, 7) is 7.73. The van der Waals surface area contributed by atoms with Crippen LogP contribution in [0.15, 0.2) is 4.52 Å². The molecule has 0 atom stereocenters. The van der Waals surface area contributed by atoms with Crippen LogP contribution in [0, 0.1) is 0 Å². The van der Waals surface area contributed by atoms with E-state index < -0.39 is 7.14 Å². The molecule has 0 radical (unpaired) electrons. The molecule has 0 saturated heterocycles. The van der Waals surface area contributed by atoms with Crippen LogP contribution in [0.25, 0.3) is 0 Å². The maximum atomic E-state index is 12.3. The van der Waals surface area contributed by atoms with Crippen LogP contribution in [0.4, 0.5) is 0 Å². The van der Waals surface area contributed by atoms with Gasteiger partial charge in [-0.2, -0.15) is 0 Å². The topological polar surface area (TPSA) is 43.1 Å². The highest BCUT2D eigenvalue weighted by molar-refractivity contribution is 7.70. The van der Waals surface area contributed by atoms with Crippen LogP contribution in [-0.4, -0.2) is 18.5 Å². The molecule has 0 N–H and O–H groups in total. The first-order chi connectivity index (χ1) is 6.91. The minimum absolute atomic E-state index is 0.282. The molecule has 0 aromatic carbocycles. The zero-order chi connectivity index (χ0) is 11.2. The molecule has 1 aliphatic rings. The first-order valence-electron chi connectivity index (χ1n) is 5.46. The summed E-state index contributed by atoms with van der Waals surface area (Å²) >= 11 is 0. The van der Waals surface area contributed by atoms with Crippen LogP contribution < -0.4 is 5.30 Å². The van der Waals surface area contributed by atoms with Crippen molar-refractivity contribution in [1.29, 1.82) is 0 Å². The minimum atomic E-state index is -2.27. The lowest BCUT2D eigenvalue weighted by Crippen LogP contribution is -2.13. The first-order valence-corrected chi connectivity index (χ1v) is 8.06. The van der Waals surface area contributed by atoms with Crippen molar-refractivity contribution in [2.75, 3.05) is 13.3 Å². The summed E-state index contributed by atoms with van der Waals surface area (Å²) in [6.07, 6.45) is 2.31. The summed E-state index contributed by atoms with van der Waals surface area (Å²) in [5.74, 6) is 1.66. The predicted molar refractivity (Wildman–Crippen MR) is 61.7 cm³/mol. The lowest BCUT2D eigenvalue weighted by Gasteiger charge is -2.09. The Labute approximate surface area is 90.6 Å². The van der Waals surface area contributed by atoms with E-state index in [2.05, 4.69) is 19.0 Å². The van der Waals surface area contributed by atoms with Gasteiger partial charge in [0.25, 0.3) is 0 Å². The van der Waals surface area contributed by atoms with E-state index in [1.165, 1.54) is 0 Å². The molecule has 0 unspecified atom stereocenters. The molecule has 84 valence electrons. The smallest absolute Gasteiger partial charge is 0.150 e. The van der Waals surface area contributed by atoms with Crippen LogP contribution in [0.5, 0.6) is 0 Å². The SMILES string of the molecule is CC(C)c1noc(C2CC2)c1P(C)(C)=O. The first kappa shape index (κ1) is 10.9. The lowest BCUT2D eigenvalue weighted by molar-refractivity contribution is 0.376. The Bertz CT molecular complexity index is 393. The van der Waals surface area contributed by atoms with Crippen molar-refractivity contribution in [3.8, 4) is 0 Å². The third-order valence-corrected chi connectivity index (χ3v) is 4.28. The van der Waals surface area contributed by atoms with E-state index in [9.17, 15) is 4.57 Å². The molecule has 3 nitrogen and oxygen atoms in total. The highest BCUT2D eigenvalue weighted by atomic mass is 31.2. The second-order valence-electron chi connectivity index (χ2n) is 5.06. The van der Waals surface area contributed by atoms with E-state index in [1.807, 2.05) is 0 Å². The van der Waals surface area contributed by atoms with Gasteiger partial charge in [-0.15, -0.1) is 0 Å². The number of hydrogen-bond donors (Lipinski definition) is 0. The molecular weight excluding hydrogens is 209 g/mol. The molecule has 2 rings (SSSR count). The van der Waals surface area contributed by atoms with Gasteiger partial charge in [-0.05, 0) is 32.1 Å². The molecule has 1 aromatic rings. The van der Waals surface area contributed by atoms with E-state index in [1.54, 1.807) is 13.3 Å². The minimum Gasteiger partial charge on any atom is -0.360 e. The van der Waals surface area contributed by atoms with E-state index in [4.69, 9.17) is 4.52 Å². The van der Waals surface area contributed by atoms with Gasteiger partial charge >= 0.3 is 0 Å². The van der Waals surface area contributed by atoms with Crippen molar-refractivity contribution < 1.29 is 9.09 Å². The van der Waals surface area contributed by atoms with Crippen molar-refractivity contribution in [2.45, 2.75) is 38.5 Å². The molecule has 1 heterocycles. The third kappa shape index (κ3) is 2.03. The average Bonchev–Trinajstić information content (AvgIpc) is 2.81. The van der Waals surface area contributed by atoms with Gasteiger partial charge in [-0.25, -0.2) is 0 Å². The number of rotatable bonds is 3. The van der Waals surface area contributed by atoms with Crippen LogP contribution >= 0.6 is 7.14 Å². The summed E-state index contributed by atoms with van der Waals surface area (Å²) in [6, 6.07) is 0. The quantitative estimate of drug-likeness (QED) is 0.745. The molecule has 0 aliphatic heterocycles. The second kappa shape index (κ2) is 3.48. The fraction of sp³-hybridized carbons (Fsp3) is 0.727. The average molecular weight is 227 g/mol. The van der Waals surface area contributed by atoms with Gasteiger partial charge in [0.1, 0.15) is 7.14 Å². The molecule has 15 heavy (non-hydrogen) atoms. The largest absolute Gasteiger partial charge is 0.360 e. The number of hydrogen-bond acceptors (Lipinski definition) is 3. The van der Waals surface area contributed by atoms with Gasteiger partial charge in [-0.3, -0.25) is 0 Å². The van der Waals surface area contributed by atoms with Crippen molar-refractivity contribution >= 4 is 12.4 Å². The van der Waals surface area contributed by atoms with E-state index in [-0.39, 0.29) is 5.92 Å². The highest BCUT2D eigenvalue weighted by Crippen LogP contribution is 2.47. The Morgan fingerprint density at radius 2 is 2.00 bits per heavy atom. The molecule has 1 aromatic heterocycles. The molecule has 4 heteroatoms. The van der Waals surface area contributed by atoms with Gasteiger partial charge in [-0.1, -0.05) is 19.0 Å². The molecular formula is C11H18NO2P. The third-order valence-electron chi connectivity index (χ3n) is 2.75. The van der Waals surface area contributed by atoms with Gasteiger partial charge in [0.15, 0.2) is 5.76 Å². The summed E-state index contributed by atoms with van der Waals surface area (Å²) in [5.41, 5.74) is 0.894. The second-order valence-corrected chi connectivity index (χ2v) is 8.21. The van der Waals surface area contributed by atoms with Crippen molar-refractivity contribution in [2.24, 2.45) is 0 Å². The summed E-state index contributed by atoms with van der Waals surface area (Å²) in [4.78, 5) is 0. The fourth-order valence-corrected chi connectivity index (χ4v) is 3.45. The van der Waals surface area contributed by atoms with Crippen molar-refractivity contribution in [3.63, 3.8) is 0 Å². The van der Waals surface area contributed by atoms with Crippen LogP contribution in [0.3, 0.4) is 0 Å². The van der Waals surface area contributed by atoms with Crippen LogP contribution in [0.1, 0.15) is 50.0 Å². The molecule has 1 fully saturated rings. The lowest BCUT2D eigenvalue weighted by atomic mass is 10.1. The molecule has 1 saturated carbocycles. The highest BCUT2D eigenvalue weighted by Gasteiger charge is 2.36. The predicted octanol–water partition coefficient (Wildman–Crippen LogP) is 2.92. The number of aromatic nitrogens is 1. The maximum absolute atomic E-state index is 12.3. The van der Waals surface area contributed by atoms with E-state index in [0.29, 0.717) is 5.92 Å². The Morgan fingerprint density at radius 1 is 1.40 bits per heavy atom. The van der Waals surface area contributed by atoms with Crippen LogP contribution in [0.2, 0.25) is 0 Å². The van der Waals surface area contributed by atoms with Gasteiger partial charge in [0.2, 0.25) is 0 Å². The van der Waals surface area contributed by atoms with Crippen molar-refractivity contribution in [3.05, 3.63) is 11.5 Å². The summed E-state index contributed by atoms with van der Waals surface area (Å²) in [7, 11) is -2.27. The van der Waals surface area contributed by atoms with Crippen LogP contribution in [-0.2, 0) is 4.57 Å². The Hall–Kier alpha value is -0.560. The molecule has 1 aliphatic carbocycles. The Kier molecular flexibility index (Phi) is 2.54. The van der Waals surface area contributed by atoms with Gasteiger partial charge in [0, 0.05) is 5.92 Å². The fourth-order valence-electron chi connectivity index (χ4n) is 1.84. The Morgan fingerprint density at radius 3 is 2.40 bits per heavy atom. The van der Waals surface area contributed by atoms with Crippen molar-refractivity contribution in [1.82, 2.24) is 5.16 Å². The van der Waals surface area contributed by atoms with E-state index >= 15 is 0 Å². The number of nitrogens with zero attached hydrogens (tertiary/aromatic N) is 1. The molecule has 0 bridgehead atoms. The normalized spacial score (nSPS) is 17.4. The monoisotopic (exact) mass is 227 g/mol. The summed E-state index contributed by atoms with van der Waals surface area (Å²) in [5, 5.41) is 5.01. The standard InChI is InChI=1S/C11H18NO2P/c1-7(2)9-11(15(3,4)13)10(14-12-9)8-5-6-8/h7-8H,5-6H2,1-4H3. The molecule has 0 amide bonds. The zero-order valence-electron chi connectivity index (χ0n) is 9.78. The maximum Gasteiger partial charge on any atom is 0.150 e. The Balaban J connectivity index is 2.53. The van der Waals surface area contributed by atoms with E-state index in [0.717, 1.165) is 29.6 Å².